The lowest BCUT2D eigenvalue weighted by atomic mass is 10.1. The Balaban J connectivity index is 1.95. The highest BCUT2D eigenvalue weighted by Crippen LogP contribution is 2.29. The fourth-order valence-electron chi connectivity index (χ4n) is 2.49. The highest BCUT2D eigenvalue weighted by molar-refractivity contribution is 8.00. The van der Waals surface area contributed by atoms with Crippen LogP contribution in [0.25, 0.3) is 0 Å². The number of carbonyl (C=O) groups is 1. The first-order valence-electron chi connectivity index (χ1n) is 6.95. The Bertz CT molecular complexity index is 521. The van der Waals surface area contributed by atoms with E-state index in [1.165, 1.54) is 5.56 Å². The molecule has 6 heteroatoms. The van der Waals surface area contributed by atoms with Crippen molar-refractivity contribution < 1.29 is 13.7 Å². The van der Waals surface area contributed by atoms with Gasteiger partial charge in [0, 0.05) is 29.4 Å². The highest BCUT2D eigenvalue weighted by atomic mass is 32.2. The SMILES string of the molecule is COc1ccccc1CC[C@H]1SCCN1C(=O)C[S@](C)=O. The van der Waals surface area contributed by atoms with Crippen LogP contribution in [0.3, 0.4) is 0 Å². The molecule has 1 aliphatic heterocycles. The van der Waals surface area contributed by atoms with Gasteiger partial charge in [-0.1, -0.05) is 18.2 Å². The van der Waals surface area contributed by atoms with Gasteiger partial charge < -0.3 is 9.64 Å². The molecule has 1 fully saturated rings. The van der Waals surface area contributed by atoms with E-state index in [2.05, 4.69) is 6.07 Å². The zero-order valence-electron chi connectivity index (χ0n) is 12.4. The largest absolute Gasteiger partial charge is 0.496 e. The molecular weight excluding hydrogens is 306 g/mol. The van der Waals surface area contributed by atoms with Gasteiger partial charge in [0.1, 0.15) is 11.5 Å². The lowest BCUT2D eigenvalue weighted by Gasteiger charge is -2.23. The van der Waals surface area contributed by atoms with Crippen molar-refractivity contribution in [1.29, 1.82) is 0 Å². The maximum atomic E-state index is 12.1. The van der Waals surface area contributed by atoms with Crippen molar-refractivity contribution in [2.45, 2.75) is 18.2 Å². The molecule has 0 aromatic heterocycles. The van der Waals surface area contributed by atoms with Gasteiger partial charge in [-0.25, -0.2) is 0 Å². The van der Waals surface area contributed by atoms with Crippen LogP contribution in [0.5, 0.6) is 5.75 Å². The molecular formula is C15H21NO3S2. The van der Waals surface area contributed by atoms with E-state index in [0.717, 1.165) is 30.9 Å². The van der Waals surface area contributed by atoms with Gasteiger partial charge in [0.25, 0.3) is 0 Å². The molecule has 4 nitrogen and oxygen atoms in total. The van der Waals surface area contributed by atoms with E-state index >= 15 is 0 Å². The number of benzene rings is 1. The Morgan fingerprint density at radius 2 is 2.24 bits per heavy atom. The monoisotopic (exact) mass is 327 g/mol. The van der Waals surface area contributed by atoms with E-state index in [0.29, 0.717) is 0 Å². The first kappa shape index (κ1) is 16.4. The maximum Gasteiger partial charge on any atom is 0.236 e. The summed E-state index contributed by atoms with van der Waals surface area (Å²) in [6.45, 7) is 0.761. The molecule has 2 atom stereocenters. The first-order chi connectivity index (χ1) is 10.1. The lowest BCUT2D eigenvalue weighted by Crippen LogP contribution is -2.37. The van der Waals surface area contributed by atoms with E-state index in [4.69, 9.17) is 4.74 Å². The van der Waals surface area contributed by atoms with E-state index in [9.17, 15) is 9.00 Å². The summed E-state index contributed by atoms with van der Waals surface area (Å²) in [5.74, 6) is 1.99. The number of carbonyl (C=O) groups excluding carboxylic acids is 1. The summed E-state index contributed by atoms with van der Waals surface area (Å²) in [6.07, 6.45) is 3.35. The summed E-state index contributed by atoms with van der Waals surface area (Å²) < 4.78 is 16.6. The number of para-hydroxylation sites is 1. The minimum Gasteiger partial charge on any atom is -0.496 e. The molecule has 2 rings (SSSR count). The summed E-state index contributed by atoms with van der Waals surface area (Å²) in [7, 11) is 0.604. The van der Waals surface area contributed by atoms with Crippen LogP contribution in [-0.4, -0.2) is 51.8 Å². The van der Waals surface area contributed by atoms with Crippen LogP contribution < -0.4 is 4.74 Å². The molecule has 21 heavy (non-hydrogen) atoms. The summed E-state index contributed by atoms with van der Waals surface area (Å²) in [5.41, 5.74) is 1.17. The number of hydrogen-bond acceptors (Lipinski definition) is 4. The van der Waals surface area contributed by atoms with Gasteiger partial charge in [0.2, 0.25) is 5.91 Å². The van der Waals surface area contributed by atoms with Crippen LogP contribution in [-0.2, 0) is 22.0 Å². The van der Waals surface area contributed by atoms with Crippen molar-refractivity contribution in [3.8, 4) is 5.75 Å². The molecule has 1 aromatic rings. The molecule has 1 aliphatic rings. The summed E-state index contributed by atoms with van der Waals surface area (Å²) >= 11 is 1.80. The Kier molecular flexibility index (Phi) is 6.11. The average Bonchev–Trinajstić information content (AvgIpc) is 2.93. The number of methoxy groups -OCH3 is 1. The number of ether oxygens (including phenoxy) is 1. The summed E-state index contributed by atoms with van der Waals surface area (Å²) in [4.78, 5) is 14.0. The second-order valence-electron chi connectivity index (χ2n) is 4.98. The molecule has 0 N–H and O–H groups in total. The summed E-state index contributed by atoms with van der Waals surface area (Å²) in [6, 6.07) is 7.98. The van der Waals surface area contributed by atoms with Gasteiger partial charge in [-0.2, -0.15) is 0 Å². The standard InChI is InChI=1S/C15H21NO3S2/c1-19-13-6-4-3-5-12(13)7-8-15-16(9-10-20-15)14(17)11-21(2)18/h3-6,15H,7-11H2,1-2H3/t15-,21+/m1/s1. The zero-order valence-corrected chi connectivity index (χ0v) is 14.0. The van der Waals surface area contributed by atoms with Crippen LogP contribution in [0, 0.1) is 0 Å². The number of rotatable bonds is 6. The van der Waals surface area contributed by atoms with Crippen molar-refractivity contribution in [2.24, 2.45) is 0 Å². The van der Waals surface area contributed by atoms with Crippen molar-refractivity contribution in [3.63, 3.8) is 0 Å². The Morgan fingerprint density at radius 1 is 1.48 bits per heavy atom. The molecule has 116 valence electrons. The highest BCUT2D eigenvalue weighted by Gasteiger charge is 2.29. The van der Waals surface area contributed by atoms with Gasteiger partial charge in [-0.3, -0.25) is 9.00 Å². The van der Waals surface area contributed by atoms with Gasteiger partial charge >= 0.3 is 0 Å². The molecule has 1 aromatic carbocycles. The predicted molar refractivity (Wildman–Crippen MR) is 88.2 cm³/mol. The second kappa shape index (κ2) is 7.84. The van der Waals surface area contributed by atoms with Crippen LogP contribution >= 0.6 is 11.8 Å². The Hall–Kier alpha value is -1.01. The molecule has 1 amide bonds. The van der Waals surface area contributed by atoms with E-state index < -0.39 is 10.8 Å². The normalized spacial score (nSPS) is 19.5. The maximum absolute atomic E-state index is 12.1. The fourth-order valence-corrected chi connectivity index (χ4v) is 4.27. The molecule has 0 saturated carbocycles. The predicted octanol–water partition coefficient (Wildman–Crippen LogP) is 1.91. The molecule has 0 radical (unpaired) electrons. The van der Waals surface area contributed by atoms with Crippen molar-refractivity contribution in [2.75, 3.05) is 31.4 Å². The zero-order chi connectivity index (χ0) is 15.2. The van der Waals surface area contributed by atoms with Crippen LogP contribution in [0.4, 0.5) is 0 Å². The second-order valence-corrected chi connectivity index (χ2v) is 7.70. The number of thioether (sulfide) groups is 1. The molecule has 1 heterocycles. The number of aryl methyl sites for hydroxylation is 1. The van der Waals surface area contributed by atoms with E-state index in [1.54, 1.807) is 25.1 Å². The number of hydrogen-bond donors (Lipinski definition) is 0. The van der Waals surface area contributed by atoms with E-state index in [1.807, 2.05) is 23.1 Å². The number of nitrogens with zero attached hydrogens (tertiary/aromatic N) is 1. The van der Waals surface area contributed by atoms with Gasteiger partial charge in [-0.05, 0) is 24.5 Å². The average molecular weight is 327 g/mol. The van der Waals surface area contributed by atoms with Gasteiger partial charge in [0.15, 0.2) is 0 Å². The third kappa shape index (κ3) is 4.48. The first-order valence-corrected chi connectivity index (χ1v) is 9.72. The van der Waals surface area contributed by atoms with Crippen LogP contribution in [0.2, 0.25) is 0 Å². The lowest BCUT2D eigenvalue weighted by molar-refractivity contribution is -0.128. The summed E-state index contributed by atoms with van der Waals surface area (Å²) in [5, 5.41) is 0.186. The van der Waals surface area contributed by atoms with Gasteiger partial charge in [0.05, 0.1) is 12.5 Å². The number of amides is 1. The minimum atomic E-state index is -1.07. The Morgan fingerprint density at radius 3 is 2.95 bits per heavy atom. The molecule has 0 bridgehead atoms. The van der Waals surface area contributed by atoms with Crippen molar-refractivity contribution >= 4 is 28.5 Å². The van der Waals surface area contributed by atoms with Crippen LogP contribution in [0.1, 0.15) is 12.0 Å². The van der Waals surface area contributed by atoms with Crippen LogP contribution in [0.15, 0.2) is 24.3 Å². The molecule has 0 spiro atoms. The third-order valence-electron chi connectivity index (χ3n) is 3.49. The smallest absolute Gasteiger partial charge is 0.236 e. The van der Waals surface area contributed by atoms with Crippen molar-refractivity contribution in [3.05, 3.63) is 29.8 Å². The topological polar surface area (TPSA) is 46.6 Å². The Labute approximate surface area is 132 Å². The fraction of sp³-hybridized carbons (Fsp3) is 0.533. The van der Waals surface area contributed by atoms with E-state index in [-0.39, 0.29) is 17.0 Å². The molecule has 1 saturated heterocycles. The third-order valence-corrected chi connectivity index (χ3v) is 5.44. The quantitative estimate of drug-likeness (QED) is 0.801. The molecule has 0 unspecified atom stereocenters. The molecule has 0 aliphatic carbocycles. The minimum absolute atomic E-state index is 0.00543. The van der Waals surface area contributed by atoms with Crippen molar-refractivity contribution in [1.82, 2.24) is 4.90 Å². The van der Waals surface area contributed by atoms with Gasteiger partial charge in [-0.15, -0.1) is 11.8 Å².